The van der Waals surface area contributed by atoms with Gasteiger partial charge in [0, 0.05) is 0 Å². The summed E-state index contributed by atoms with van der Waals surface area (Å²) in [5, 5.41) is 0. The van der Waals surface area contributed by atoms with E-state index in [2.05, 4.69) is 66.0 Å². The third-order valence-electron chi connectivity index (χ3n) is 1.56. The molecule has 0 aliphatic carbocycles. The van der Waals surface area contributed by atoms with E-state index in [1.54, 1.807) is 6.08 Å². The summed E-state index contributed by atoms with van der Waals surface area (Å²) < 4.78 is 0. The predicted molar refractivity (Wildman–Crippen MR) is 84.4 cm³/mol. The van der Waals surface area contributed by atoms with E-state index < -0.39 is 0 Å². The molecule has 0 N–H and O–H groups in total. The van der Waals surface area contributed by atoms with Crippen LogP contribution in [-0.2, 0) is 0 Å². The second kappa shape index (κ2) is 17.4. The molecule has 0 fully saturated rings. The minimum Gasteiger partial charge on any atom is -0.103 e. The molecule has 0 amide bonds. The van der Waals surface area contributed by atoms with Crippen LogP contribution in [0.2, 0.25) is 0 Å². The molecule has 0 aliphatic heterocycles. The van der Waals surface area contributed by atoms with E-state index in [-0.39, 0.29) is 0 Å². The van der Waals surface area contributed by atoms with Crippen molar-refractivity contribution in [3.63, 3.8) is 0 Å². The van der Waals surface area contributed by atoms with Crippen LogP contribution >= 0.6 is 0 Å². The largest absolute Gasteiger partial charge is 0.103 e. The van der Waals surface area contributed by atoms with E-state index in [9.17, 15) is 0 Å². The first kappa shape index (κ1) is 21.3. The van der Waals surface area contributed by atoms with E-state index in [4.69, 9.17) is 0 Å². The quantitative estimate of drug-likeness (QED) is 0.397. The zero-order valence-electron chi connectivity index (χ0n) is 13.0. The first-order valence-electron chi connectivity index (χ1n) is 6.47. The van der Waals surface area contributed by atoms with Crippen molar-refractivity contribution >= 4 is 0 Å². The third-order valence-corrected chi connectivity index (χ3v) is 1.56. The zero-order chi connectivity index (χ0) is 14.3. The molecule has 0 bridgehead atoms. The lowest BCUT2D eigenvalue weighted by Crippen LogP contribution is -1.88. The first-order chi connectivity index (χ1) is 7.90. The number of hydrogen-bond acceptors (Lipinski definition) is 0. The maximum atomic E-state index is 3.81. The smallest absolute Gasteiger partial charge is 0.0222 e. The lowest BCUT2D eigenvalue weighted by atomic mass is 10.0. The van der Waals surface area contributed by atoms with Gasteiger partial charge in [0.2, 0.25) is 0 Å². The highest BCUT2D eigenvalue weighted by atomic mass is 14.0. The summed E-state index contributed by atoms with van der Waals surface area (Å²) in [6.07, 6.45) is 9.33. The summed E-state index contributed by atoms with van der Waals surface area (Å²) in [7, 11) is 0. The summed E-state index contributed by atoms with van der Waals surface area (Å²) in [6.45, 7) is 21.8. The first-order valence-corrected chi connectivity index (χ1v) is 6.47. The molecule has 0 radical (unpaired) electrons. The number of allylic oxidation sites excluding steroid dienone is 6. The number of hydrogen-bond donors (Lipinski definition) is 0. The molecule has 0 saturated carbocycles. The van der Waals surface area contributed by atoms with E-state index in [1.807, 2.05) is 13.8 Å². The summed E-state index contributed by atoms with van der Waals surface area (Å²) in [4.78, 5) is 0. The van der Waals surface area contributed by atoms with Gasteiger partial charge in [0.05, 0.1) is 0 Å². The van der Waals surface area contributed by atoms with E-state index >= 15 is 0 Å². The van der Waals surface area contributed by atoms with Crippen LogP contribution in [0, 0.1) is 5.92 Å². The topological polar surface area (TPSA) is 0 Å². The molecule has 0 saturated heterocycles. The van der Waals surface area contributed by atoms with Crippen LogP contribution in [0.3, 0.4) is 0 Å². The van der Waals surface area contributed by atoms with Crippen molar-refractivity contribution in [2.45, 2.75) is 54.9 Å². The van der Waals surface area contributed by atoms with Gasteiger partial charge in [0.25, 0.3) is 0 Å². The van der Waals surface area contributed by atoms with Gasteiger partial charge in [-0.3, -0.25) is 0 Å². The Bertz CT molecular complexity index is 226. The second-order valence-corrected chi connectivity index (χ2v) is 4.24. The Kier molecular flexibility index (Phi) is 21.7. The molecular formula is C17H32. The highest BCUT2D eigenvalue weighted by Gasteiger charge is 1.95. The van der Waals surface area contributed by atoms with Crippen LogP contribution in [0.25, 0.3) is 0 Å². The molecule has 0 aromatic carbocycles. The fourth-order valence-corrected chi connectivity index (χ4v) is 0.860. The van der Waals surface area contributed by atoms with Crippen molar-refractivity contribution in [3.8, 4) is 0 Å². The number of rotatable bonds is 3. The van der Waals surface area contributed by atoms with Gasteiger partial charge >= 0.3 is 0 Å². The highest BCUT2D eigenvalue weighted by Crippen LogP contribution is 2.11. The fraction of sp³-hybridized carbons (Fsp3) is 0.529. The van der Waals surface area contributed by atoms with Crippen LogP contribution in [0.1, 0.15) is 54.9 Å². The molecule has 0 unspecified atom stereocenters. The van der Waals surface area contributed by atoms with Crippen molar-refractivity contribution in [1.82, 2.24) is 0 Å². The fourth-order valence-electron chi connectivity index (χ4n) is 0.860. The molecule has 0 atom stereocenters. The SMILES string of the molecule is C=C(C)/C=C\C(=C/C)C(C)C.C=CC.CCC. The minimum absolute atomic E-state index is 0.607. The van der Waals surface area contributed by atoms with Gasteiger partial charge < -0.3 is 0 Å². The Labute approximate surface area is 110 Å². The van der Waals surface area contributed by atoms with Crippen LogP contribution in [0.4, 0.5) is 0 Å². The Hall–Kier alpha value is -1.04. The predicted octanol–water partition coefficient (Wildman–Crippen LogP) is 6.33. The molecule has 0 heteroatoms. The van der Waals surface area contributed by atoms with Crippen LogP contribution in [0.15, 0.2) is 48.6 Å². The van der Waals surface area contributed by atoms with Gasteiger partial charge in [-0.15, -0.1) is 6.58 Å². The Morgan fingerprint density at radius 3 is 1.65 bits per heavy atom. The summed E-state index contributed by atoms with van der Waals surface area (Å²) in [5.41, 5.74) is 2.47. The van der Waals surface area contributed by atoms with Crippen LogP contribution in [0.5, 0.6) is 0 Å². The average molecular weight is 236 g/mol. The Morgan fingerprint density at radius 2 is 1.47 bits per heavy atom. The minimum atomic E-state index is 0.607. The van der Waals surface area contributed by atoms with Crippen molar-refractivity contribution in [2.24, 2.45) is 5.92 Å². The van der Waals surface area contributed by atoms with Gasteiger partial charge in [-0.2, -0.15) is 0 Å². The molecule has 0 spiro atoms. The lowest BCUT2D eigenvalue weighted by Gasteiger charge is -2.04. The van der Waals surface area contributed by atoms with E-state index in [1.165, 1.54) is 12.0 Å². The molecule has 0 nitrogen and oxygen atoms in total. The van der Waals surface area contributed by atoms with Gasteiger partial charge in [-0.25, -0.2) is 0 Å². The van der Waals surface area contributed by atoms with Crippen molar-refractivity contribution in [2.75, 3.05) is 0 Å². The van der Waals surface area contributed by atoms with E-state index in [0.29, 0.717) is 5.92 Å². The molecule has 0 aromatic rings. The maximum Gasteiger partial charge on any atom is -0.0222 e. The highest BCUT2D eigenvalue weighted by molar-refractivity contribution is 5.25. The standard InChI is InChI=1S/C11H18.C3H8.C3H6/c1-6-11(10(4)5)8-7-9(2)3;2*1-3-2/h6-8,10H,2H2,1,3-5H3;3H2,1-2H3;3H,1H2,2H3/b8-7-,11-6+;;. The summed E-state index contributed by atoms with van der Waals surface area (Å²) in [5.74, 6) is 0.607. The molecule has 17 heavy (non-hydrogen) atoms. The van der Waals surface area contributed by atoms with Crippen LogP contribution < -0.4 is 0 Å². The summed E-state index contributed by atoms with van der Waals surface area (Å²) >= 11 is 0. The molecule has 0 rings (SSSR count). The van der Waals surface area contributed by atoms with Crippen molar-refractivity contribution < 1.29 is 0 Å². The maximum absolute atomic E-state index is 3.81. The molecule has 0 aliphatic rings. The average Bonchev–Trinajstić information content (AvgIpc) is 2.20. The van der Waals surface area contributed by atoms with Gasteiger partial charge in [0.15, 0.2) is 0 Å². The van der Waals surface area contributed by atoms with Gasteiger partial charge in [-0.1, -0.05) is 70.6 Å². The molecular weight excluding hydrogens is 204 g/mol. The van der Waals surface area contributed by atoms with Crippen molar-refractivity contribution in [1.29, 1.82) is 0 Å². The Balaban J connectivity index is -0.000000273. The second-order valence-electron chi connectivity index (χ2n) is 4.24. The monoisotopic (exact) mass is 236 g/mol. The zero-order valence-corrected chi connectivity index (χ0v) is 13.0. The Morgan fingerprint density at radius 1 is 1.12 bits per heavy atom. The normalized spacial score (nSPS) is 10.2. The summed E-state index contributed by atoms with van der Waals surface area (Å²) in [6, 6.07) is 0. The lowest BCUT2D eigenvalue weighted by molar-refractivity contribution is 0.789. The molecule has 100 valence electrons. The molecule has 0 heterocycles. The van der Waals surface area contributed by atoms with Gasteiger partial charge in [0.1, 0.15) is 0 Å². The third kappa shape index (κ3) is 25.3. The van der Waals surface area contributed by atoms with Crippen molar-refractivity contribution in [3.05, 3.63) is 48.6 Å². The van der Waals surface area contributed by atoms with E-state index in [0.717, 1.165) is 5.57 Å². The van der Waals surface area contributed by atoms with Gasteiger partial charge in [-0.05, 0) is 32.3 Å². The molecule has 0 aromatic heterocycles. The van der Waals surface area contributed by atoms with Crippen LogP contribution in [-0.4, -0.2) is 0 Å².